The lowest BCUT2D eigenvalue weighted by Crippen LogP contribution is -2.08. The van der Waals surface area contributed by atoms with Crippen molar-refractivity contribution in [2.75, 3.05) is 5.32 Å². The lowest BCUT2D eigenvalue weighted by Gasteiger charge is -2.18. The third-order valence-corrected chi connectivity index (χ3v) is 4.24. The first-order chi connectivity index (χ1) is 8.97. The minimum Gasteiger partial charge on any atom is -0.377 e. The Hall–Kier alpha value is -0.580. The van der Waals surface area contributed by atoms with E-state index in [9.17, 15) is 4.39 Å². The van der Waals surface area contributed by atoms with Crippen LogP contribution in [0.25, 0.3) is 0 Å². The van der Waals surface area contributed by atoms with Crippen molar-refractivity contribution in [3.8, 4) is 0 Å². The number of halogens is 4. The Labute approximate surface area is 133 Å². The van der Waals surface area contributed by atoms with Crippen molar-refractivity contribution in [3.63, 3.8) is 0 Å². The van der Waals surface area contributed by atoms with Crippen LogP contribution in [0.4, 0.5) is 10.1 Å². The molecule has 0 fully saturated rings. The summed E-state index contributed by atoms with van der Waals surface area (Å²) < 4.78 is 15.0. The first-order valence-electron chi connectivity index (χ1n) is 5.64. The summed E-state index contributed by atoms with van der Waals surface area (Å²) in [6.45, 7) is 1.98. The number of rotatable bonds is 3. The third-order valence-electron chi connectivity index (χ3n) is 2.73. The molecule has 0 aliphatic rings. The molecular weight excluding hydrogens is 396 g/mol. The van der Waals surface area contributed by atoms with Gasteiger partial charge in [0, 0.05) is 14.0 Å². The summed E-state index contributed by atoms with van der Waals surface area (Å²) in [6.07, 6.45) is 0. The average molecular weight is 408 g/mol. The van der Waals surface area contributed by atoms with Crippen molar-refractivity contribution in [2.24, 2.45) is 0 Å². The molecule has 0 aromatic heterocycles. The summed E-state index contributed by atoms with van der Waals surface area (Å²) in [6, 6.07) is 10.2. The number of hydrogen-bond donors (Lipinski definition) is 1. The minimum absolute atomic E-state index is 0.0290. The van der Waals surface area contributed by atoms with Crippen molar-refractivity contribution in [1.82, 2.24) is 0 Å². The standard InChI is InChI=1S/C14H11Br2ClFN/c1-8(11-4-2-9(15)6-13(11)17)19-14-7-10(18)3-5-12(14)16/h2-8,19H,1H3. The molecule has 0 heterocycles. The maximum atomic E-state index is 13.2. The predicted octanol–water partition coefficient (Wildman–Crippen LogP) is 6.18. The van der Waals surface area contributed by atoms with E-state index in [4.69, 9.17) is 11.6 Å². The lowest BCUT2D eigenvalue weighted by molar-refractivity contribution is 0.627. The molecule has 0 saturated carbocycles. The monoisotopic (exact) mass is 405 g/mol. The number of hydrogen-bond acceptors (Lipinski definition) is 1. The molecule has 2 rings (SSSR count). The highest BCUT2D eigenvalue weighted by Gasteiger charge is 2.11. The van der Waals surface area contributed by atoms with Crippen molar-refractivity contribution < 1.29 is 4.39 Å². The van der Waals surface area contributed by atoms with Gasteiger partial charge >= 0.3 is 0 Å². The van der Waals surface area contributed by atoms with Crippen molar-refractivity contribution in [1.29, 1.82) is 0 Å². The summed E-state index contributed by atoms with van der Waals surface area (Å²) in [7, 11) is 0. The van der Waals surface area contributed by atoms with Crippen LogP contribution < -0.4 is 5.32 Å². The first kappa shape index (κ1) is 14.8. The van der Waals surface area contributed by atoms with Crippen LogP contribution in [0, 0.1) is 5.82 Å². The molecule has 1 atom stereocenters. The largest absolute Gasteiger partial charge is 0.377 e. The zero-order chi connectivity index (χ0) is 14.0. The number of nitrogens with one attached hydrogen (secondary N) is 1. The van der Waals surface area contributed by atoms with Crippen molar-refractivity contribution in [3.05, 3.63) is 61.7 Å². The summed E-state index contributed by atoms with van der Waals surface area (Å²) in [5.41, 5.74) is 1.66. The minimum atomic E-state index is -0.278. The van der Waals surface area contributed by atoms with Crippen LogP contribution in [-0.2, 0) is 0 Å². The normalized spacial score (nSPS) is 12.3. The van der Waals surface area contributed by atoms with Gasteiger partial charge in [0.05, 0.1) is 11.7 Å². The summed E-state index contributed by atoms with van der Waals surface area (Å²) in [4.78, 5) is 0. The van der Waals surface area contributed by atoms with Crippen LogP contribution in [0.3, 0.4) is 0 Å². The molecule has 0 bridgehead atoms. The van der Waals surface area contributed by atoms with Gasteiger partial charge in [0.15, 0.2) is 0 Å². The van der Waals surface area contributed by atoms with E-state index < -0.39 is 0 Å². The summed E-state index contributed by atoms with van der Waals surface area (Å²) >= 11 is 13.0. The second-order valence-corrected chi connectivity index (χ2v) is 6.33. The third kappa shape index (κ3) is 3.71. The van der Waals surface area contributed by atoms with E-state index in [0.717, 1.165) is 14.5 Å². The van der Waals surface area contributed by atoms with Gasteiger partial charge in [-0.1, -0.05) is 33.6 Å². The van der Waals surface area contributed by atoms with Crippen LogP contribution >= 0.6 is 43.5 Å². The van der Waals surface area contributed by atoms with Crippen LogP contribution in [0.2, 0.25) is 5.02 Å². The Balaban J connectivity index is 2.25. The molecule has 0 radical (unpaired) electrons. The van der Waals surface area contributed by atoms with Crippen LogP contribution in [-0.4, -0.2) is 0 Å². The molecule has 1 nitrogen and oxygen atoms in total. The van der Waals surface area contributed by atoms with Crippen molar-refractivity contribution >= 4 is 49.1 Å². The zero-order valence-corrected chi connectivity index (χ0v) is 14.0. The lowest BCUT2D eigenvalue weighted by atomic mass is 10.1. The van der Waals surface area contributed by atoms with E-state index in [1.54, 1.807) is 6.07 Å². The van der Waals surface area contributed by atoms with Crippen LogP contribution in [0.5, 0.6) is 0 Å². The molecular formula is C14H11Br2ClFN. The molecule has 0 spiro atoms. The fraction of sp³-hybridized carbons (Fsp3) is 0.143. The van der Waals surface area contributed by atoms with Gasteiger partial charge in [0.25, 0.3) is 0 Å². The summed E-state index contributed by atoms with van der Waals surface area (Å²) in [5.74, 6) is -0.278. The van der Waals surface area contributed by atoms with Gasteiger partial charge in [-0.3, -0.25) is 0 Å². The van der Waals surface area contributed by atoms with Gasteiger partial charge in [-0.15, -0.1) is 0 Å². The van der Waals surface area contributed by atoms with E-state index >= 15 is 0 Å². The van der Waals surface area contributed by atoms with E-state index in [-0.39, 0.29) is 11.9 Å². The quantitative estimate of drug-likeness (QED) is 0.641. The molecule has 0 saturated heterocycles. The van der Waals surface area contributed by atoms with E-state index in [1.165, 1.54) is 12.1 Å². The predicted molar refractivity (Wildman–Crippen MR) is 85.3 cm³/mol. The molecule has 1 unspecified atom stereocenters. The van der Waals surface area contributed by atoms with E-state index in [2.05, 4.69) is 37.2 Å². The molecule has 0 aliphatic carbocycles. The highest BCUT2D eigenvalue weighted by atomic mass is 79.9. The molecule has 2 aromatic carbocycles. The van der Waals surface area contributed by atoms with Gasteiger partial charge in [0.2, 0.25) is 0 Å². The smallest absolute Gasteiger partial charge is 0.125 e. The number of anilines is 1. The molecule has 19 heavy (non-hydrogen) atoms. The Morgan fingerprint density at radius 3 is 2.58 bits per heavy atom. The molecule has 1 N–H and O–H groups in total. The maximum absolute atomic E-state index is 13.2. The first-order valence-corrected chi connectivity index (χ1v) is 7.60. The van der Waals surface area contributed by atoms with Gasteiger partial charge in [0.1, 0.15) is 5.82 Å². The Morgan fingerprint density at radius 2 is 1.89 bits per heavy atom. The molecule has 100 valence electrons. The second kappa shape index (κ2) is 6.25. The maximum Gasteiger partial charge on any atom is 0.125 e. The highest BCUT2D eigenvalue weighted by molar-refractivity contribution is 9.10. The van der Waals surface area contributed by atoms with Gasteiger partial charge in [-0.05, 0) is 58.7 Å². The van der Waals surface area contributed by atoms with Crippen LogP contribution in [0.1, 0.15) is 18.5 Å². The number of benzene rings is 2. The van der Waals surface area contributed by atoms with Gasteiger partial charge in [-0.2, -0.15) is 0 Å². The Bertz CT molecular complexity index is 604. The van der Waals surface area contributed by atoms with Crippen LogP contribution in [0.15, 0.2) is 45.3 Å². The summed E-state index contributed by atoms with van der Waals surface area (Å²) in [5, 5.41) is 3.91. The average Bonchev–Trinajstić information content (AvgIpc) is 2.33. The topological polar surface area (TPSA) is 12.0 Å². The van der Waals surface area contributed by atoms with Gasteiger partial charge in [-0.25, -0.2) is 4.39 Å². The fourth-order valence-electron chi connectivity index (χ4n) is 1.77. The SMILES string of the molecule is CC(Nc1cc(F)ccc1Br)c1ccc(Br)cc1Cl. The molecule has 2 aromatic rings. The fourth-order valence-corrected chi connectivity index (χ4v) is 2.97. The highest BCUT2D eigenvalue weighted by Crippen LogP contribution is 2.31. The molecule has 5 heteroatoms. The molecule has 0 aliphatic heterocycles. The van der Waals surface area contributed by atoms with E-state index in [1.807, 2.05) is 25.1 Å². The Kier molecular flexibility index (Phi) is 4.87. The molecule has 0 amide bonds. The zero-order valence-electron chi connectivity index (χ0n) is 10.1. The van der Waals surface area contributed by atoms with Crippen molar-refractivity contribution in [2.45, 2.75) is 13.0 Å². The second-order valence-electron chi connectivity index (χ2n) is 4.16. The van der Waals surface area contributed by atoms with E-state index in [0.29, 0.717) is 10.7 Å². The Morgan fingerprint density at radius 1 is 1.16 bits per heavy atom. The van der Waals surface area contributed by atoms with Gasteiger partial charge < -0.3 is 5.32 Å².